The average Bonchev–Trinajstić information content (AvgIpc) is 2.18. The van der Waals surface area contributed by atoms with Crippen LogP contribution in [-0.4, -0.2) is 47.5 Å². The minimum atomic E-state index is 0.179. The fourth-order valence-electron chi connectivity index (χ4n) is 1.68. The highest BCUT2D eigenvalue weighted by atomic mass is 16.3. The van der Waals surface area contributed by atoms with Gasteiger partial charge < -0.3 is 10.2 Å². The molecule has 0 aliphatic heterocycles. The van der Waals surface area contributed by atoms with E-state index in [4.69, 9.17) is 10.2 Å². The van der Waals surface area contributed by atoms with Gasteiger partial charge in [-0.1, -0.05) is 26.2 Å². The molecule has 0 aromatic carbocycles. The van der Waals surface area contributed by atoms with Crippen LogP contribution in [0.3, 0.4) is 0 Å². The van der Waals surface area contributed by atoms with Gasteiger partial charge in [0, 0.05) is 19.1 Å². The van der Waals surface area contributed by atoms with Gasteiger partial charge in [-0.25, -0.2) is 0 Å². The third-order valence-electron chi connectivity index (χ3n) is 2.62. The van der Waals surface area contributed by atoms with Gasteiger partial charge in [0.25, 0.3) is 0 Å². The van der Waals surface area contributed by atoms with Gasteiger partial charge in [-0.05, 0) is 13.3 Å². The highest BCUT2D eigenvalue weighted by Gasteiger charge is 2.11. The summed E-state index contributed by atoms with van der Waals surface area (Å²) < 4.78 is 0. The molecule has 0 heterocycles. The van der Waals surface area contributed by atoms with E-state index in [2.05, 4.69) is 18.7 Å². The first kappa shape index (κ1) is 13.9. The molecule has 1 atom stereocenters. The lowest BCUT2D eigenvalue weighted by Gasteiger charge is -2.27. The van der Waals surface area contributed by atoms with E-state index in [0.717, 1.165) is 6.42 Å². The van der Waals surface area contributed by atoms with E-state index in [0.29, 0.717) is 19.1 Å². The number of aliphatic hydroxyl groups excluding tert-OH is 2. The third kappa shape index (κ3) is 6.35. The summed E-state index contributed by atoms with van der Waals surface area (Å²) in [5.41, 5.74) is 0. The van der Waals surface area contributed by atoms with Crippen molar-refractivity contribution in [2.75, 3.05) is 26.3 Å². The number of rotatable bonds is 9. The van der Waals surface area contributed by atoms with E-state index in [1.165, 1.54) is 19.3 Å². The molecule has 0 aromatic rings. The van der Waals surface area contributed by atoms with Crippen molar-refractivity contribution in [1.29, 1.82) is 0 Å². The van der Waals surface area contributed by atoms with Crippen LogP contribution in [0.5, 0.6) is 0 Å². The predicted molar refractivity (Wildman–Crippen MR) is 59.3 cm³/mol. The first-order chi connectivity index (χ1) is 6.76. The maximum Gasteiger partial charge on any atom is 0.0558 e. The lowest BCUT2D eigenvalue weighted by molar-refractivity contribution is 0.123. The van der Waals surface area contributed by atoms with E-state index >= 15 is 0 Å². The monoisotopic (exact) mass is 203 g/mol. The summed E-state index contributed by atoms with van der Waals surface area (Å²) in [7, 11) is 0. The second-order valence-corrected chi connectivity index (χ2v) is 3.83. The predicted octanol–water partition coefficient (Wildman–Crippen LogP) is 1.24. The Morgan fingerprint density at radius 1 is 1.07 bits per heavy atom. The third-order valence-corrected chi connectivity index (χ3v) is 2.62. The van der Waals surface area contributed by atoms with Crippen molar-refractivity contribution < 1.29 is 10.2 Å². The van der Waals surface area contributed by atoms with Gasteiger partial charge in [0.2, 0.25) is 0 Å². The first-order valence-electron chi connectivity index (χ1n) is 5.72. The van der Waals surface area contributed by atoms with Gasteiger partial charge in [0.15, 0.2) is 0 Å². The standard InChI is InChI=1S/C11H25NO2/c1-3-4-5-6-11(2)12(7-9-13)8-10-14/h11,13-14H,3-10H2,1-2H3. The van der Waals surface area contributed by atoms with Crippen molar-refractivity contribution in [2.24, 2.45) is 0 Å². The first-order valence-corrected chi connectivity index (χ1v) is 5.72. The van der Waals surface area contributed by atoms with Crippen molar-refractivity contribution in [1.82, 2.24) is 4.90 Å². The molecule has 0 amide bonds. The Labute approximate surface area is 87.7 Å². The summed E-state index contributed by atoms with van der Waals surface area (Å²) in [6.45, 7) is 6.07. The summed E-state index contributed by atoms with van der Waals surface area (Å²) in [6.07, 6.45) is 4.92. The van der Waals surface area contributed by atoms with E-state index in [-0.39, 0.29) is 13.2 Å². The summed E-state index contributed by atoms with van der Waals surface area (Å²) in [5.74, 6) is 0. The number of nitrogens with zero attached hydrogens (tertiary/aromatic N) is 1. The fraction of sp³-hybridized carbons (Fsp3) is 1.00. The van der Waals surface area contributed by atoms with Gasteiger partial charge >= 0.3 is 0 Å². The molecule has 0 rings (SSSR count). The van der Waals surface area contributed by atoms with Gasteiger partial charge in [-0.3, -0.25) is 4.90 Å². The van der Waals surface area contributed by atoms with Crippen LogP contribution in [0.15, 0.2) is 0 Å². The van der Waals surface area contributed by atoms with E-state index in [1.807, 2.05) is 0 Å². The number of hydrogen-bond acceptors (Lipinski definition) is 3. The molecule has 0 bridgehead atoms. The molecule has 86 valence electrons. The molecule has 3 heteroatoms. The zero-order valence-electron chi connectivity index (χ0n) is 9.58. The Morgan fingerprint density at radius 2 is 1.64 bits per heavy atom. The maximum atomic E-state index is 8.86. The average molecular weight is 203 g/mol. The van der Waals surface area contributed by atoms with Crippen LogP contribution in [0.25, 0.3) is 0 Å². The van der Waals surface area contributed by atoms with Crippen LogP contribution < -0.4 is 0 Å². The van der Waals surface area contributed by atoms with Crippen LogP contribution >= 0.6 is 0 Å². The minimum Gasteiger partial charge on any atom is -0.395 e. The Balaban J connectivity index is 3.69. The summed E-state index contributed by atoms with van der Waals surface area (Å²) in [5, 5.41) is 17.7. The molecule has 3 nitrogen and oxygen atoms in total. The molecule has 1 unspecified atom stereocenters. The maximum absolute atomic E-state index is 8.86. The van der Waals surface area contributed by atoms with Crippen LogP contribution in [0.1, 0.15) is 39.5 Å². The molecule has 14 heavy (non-hydrogen) atoms. The quantitative estimate of drug-likeness (QED) is 0.554. The molecular weight excluding hydrogens is 178 g/mol. The molecule has 0 fully saturated rings. The van der Waals surface area contributed by atoms with Crippen LogP contribution in [0, 0.1) is 0 Å². The second kappa shape index (κ2) is 9.44. The molecular formula is C11H25NO2. The molecule has 0 aromatic heterocycles. The van der Waals surface area contributed by atoms with Crippen molar-refractivity contribution in [3.63, 3.8) is 0 Å². The number of hydrogen-bond donors (Lipinski definition) is 2. The largest absolute Gasteiger partial charge is 0.395 e. The van der Waals surface area contributed by atoms with Crippen LogP contribution in [0.2, 0.25) is 0 Å². The number of aliphatic hydroxyl groups is 2. The topological polar surface area (TPSA) is 43.7 Å². The van der Waals surface area contributed by atoms with Crippen molar-refractivity contribution in [3.05, 3.63) is 0 Å². The molecule has 2 N–H and O–H groups in total. The zero-order chi connectivity index (χ0) is 10.8. The van der Waals surface area contributed by atoms with E-state index in [9.17, 15) is 0 Å². The highest BCUT2D eigenvalue weighted by molar-refractivity contribution is 4.66. The molecule has 0 aliphatic carbocycles. The Hall–Kier alpha value is -0.120. The van der Waals surface area contributed by atoms with Gasteiger partial charge in [0.1, 0.15) is 0 Å². The van der Waals surface area contributed by atoms with Gasteiger partial charge in [0.05, 0.1) is 13.2 Å². The fourth-order valence-corrected chi connectivity index (χ4v) is 1.68. The molecule has 0 aliphatic rings. The van der Waals surface area contributed by atoms with Crippen molar-refractivity contribution >= 4 is 0 Å². The lowest BCUT2D eigenvalue weighted by Crippen LogP contribution is -2.37. The SMILES string of the molecule is CCCCCC(C)N(CCO)CCO. The normalized spacial score (nSPS) is 13.5. The molecule has 0 saturated heterocycles. The molecule has 0 saturated carbocycles. The van der Waals surface area contributed by atoms with E-state index < -0.39 is 0 Å². The van der Waals surface area contributed by atoms with Crippen molar-refractivity contribution in [3.8, 4) is 0 Å². The molecule has 0 radical (unpaired) electrons. The Bertz CT molecular complexity index is 114. The zero-order valence-corrected chi connectivity index (χ0v) is 9.58. The summed E-state index contributed by atoms with van der Waals surface area (Å²) >= 11 is 0. The van der Waals surface area contributed by atoms with Crippen LogP contribution in [-0.2, 0) is 0 Å². The van der Waals surface area contributed by atoms with E-state index in [1.54, 1.807) is 0 Å². The highest BCUT2D eigenvalue weighted by Crippen LogP contribution is 2.08. The summed E-state index contributed by atoms with van der Waals surface area (Å²) in [4.78, 5) is 2.15. The smallest absolute Gasteiger partial charge is 0.0558 e. The minimum absolute atomic E-state index is 0.179. The van der Waals surface area contributed by atoms with Gasteiger partial charge in [-0.2, -0.15) is 0 Å². The van der Waals surface area contributed by atoms with Crippen molar-refractivity contribution in [2.45, 2.75) is 45.6 Å². The summed E-state index contributed by atoms with van der Waals surface area (Å²) in [6, 6.07) is 0.473. The second-order valence-electron chi connectivity index (χ2n) is 3.83. The van der Waals surface area contributed by atoms with Gasteiger partial charge in [-0.15, -0.1) is 0 Å². The Kier molecular flexibility index (Phi) is 9.35. The van der Waals surface area contributed by atoms with Crippen LogP contribution in [0.4, 0.5) is 0 Å². The molecule has 0 spiro atoms. The lowest BCUT2D eigenvalue weighted by atomic mass is 10.1. The number of unbranched alkanes of at least 4 members (excludes halogenated alkanes) is 2. The Morgan fingerprint density at radius 3 is 2.07 bits per heavy atom.